The fourth-order valence-corrected chi connectivity index (χ4v) is 6.39. The van der Waals surface area contributed by atoms with Crippen LogP contribution in [0, 0.1) is 0 Å². The fraction of sp³-hybridized carbons (Fsp3) is 0.182. The van der Waals surface area contributed by atoms with Crippen LogP contribution in [0.4, 0.5) is 5.69 Å². The Morgan fingerprint density at radius 3 is 2.43 bits per heavy atom. The van der Waals surface area contributed by atoms with Gasteiger partial charge in [0.05, 0.1) is 17.9 Å². The van der Waals surface area contributed by atoms with Crippen molar-refractivity contribution >= 4 is 39.0 Å². The van der Waals surface area contributed by atoms with Gasteiger partial charge in [-0.2, -0.15) is 5.10 Å². The molecule has 0 radical (unpaired) electrons. The maximum absolute atomic E-state index is 6.09. The number of allylic oxidation sites excluding steroid dienone is 2. The lowest BCUT2D eigenvalue weighted by Gasteiger charge is -2.34. The molecule has 37 heavy (non-hydrogen) atoms. The average Bonchev–Trinajstić information content (AvgIpc) is 3.40. The van der Waals surface area contributed by atoms with E-state index in [1.807, 2.05) is 24.0 Å². The van der Waals surface area contributed by atoms with E-state index in [-0.39, 0.29) is 6.04 Å². The van der Waals surface area contributed by atoms with Crippen LogP contribution in [-0.4, -0.2) is 15.5 Å². The second-order valence-corrected chi connectivity index (χ2v) is 10.7. The van der Waals surface area contributed by atoms with E-state index in [9.17, 15) is 0 Å². The molecule has 1 aliphatic carbocycles. The van der Waals surface area contributed by atoms with Crippen LogP contribution in [0.2, 0.25) is 0 Å². The molecule has 4 aromatic carbocycles. The molecule has 2 unspecified atom stereocenters. The van der Waals surface area contributed by atoms with Crippen molar-refractivity contribution < 1.29 is 0 Å². The number of anilines is 1. The van der Waals surface area contributed by atoms with Crippen LogP contribution >= 0.6 is 11.8 Å². The van der Waals surface area contributed by atoms with Gasteiger partial charge in [0.15, 0.2) is 0 Å². The Labute approximate surface area is 222 Å². The number of benzene rings is 4. The molecule has 3 nitrogen and oxygen atoms in total. The quantitative estimate of drug-likeness (QED) is 0.253. The van der Waals surface area contributed by atoms with Crippen LogP contribution in [-0.2, 0) is 6.42 Å². The molecule has 5 aromatic rings. The van der Waals surface area contributed by atoms with E-state index in [1.165, 1.54) is 44.7 Å². The minimum Gasteiger partial charge on any atom is -0.396 e. The molecule has 4 heteroatoms. The van der Waals surface area contributed by atoms with E-state index in [0.717, 1.165) is 18.6 Å². The molecule has 0 saturated carbocycles. The number of hydrogen-bond acceptors (Lipinski definition) is 3. The van der Waals surface area contributed by atoms with Gasteiger partial charge in [-0.1, -0.05) is 97.1 Å². The lowest BCUT2D eigenvalue weighted by molar-refractivity contribution is 0.395. The normalized spacial score (nSPS) is 17.2. The van der Waals surface area contributed by atoms with Crippen molar-refractivity contribution in [2.75, 3.05) is 11.5 Å². The first-order chi connectivity index (χ1) is 18.3. The van der Waals surface area contributed by atoms with Gasteiger partial charge in [-0.25, -0.2) is 0 Å². The Kier molecular flexibility index (Phi) is 6.83. The fourth-order valence-electron chi connectivity index (χ4n) is 5.86. The molecule has 0 saturated heterocycles. The molecule has 2 atom stereocenters. The highest BCUT2D eigenvalue weighted by Crippen LogP contribution is 2.46. The van der Waals surface area contributed by atoms with Crippen LogP contribution in [0.15, 0.2) is 115 Å². The number of aryl methyl sites for hydroxylation is 1. The van der Waals surface area contributed by atoms with Crippen LogP contribution in [0.1, 0.15) is 41.5 Å². The minimum absolute atomic E-state index is 0.120. The monoisotopic (exact) mass is 501 g/mol. The van der Waals surface area contributed by atoms with Crippen molar-refractivity contribution in [2.45, 2.75) is 31.2 Å². The summed E-state index contributed by atoms with van der Waals surface area (Å²) in [6.45, 7) is 0. The van der Waals surface area contributed by atoms with E-state index in [1.54, 1.807) is 6.20 Å². The van der Waals surface area contributed by atoms with Gasteiger partial charge in [0.25, 0.3) is 0 Å². The molecule has 0 spiro atoms. The summed E-state index contributed by atoms with van der Waals surface area (Å²) in [4.78, 5) is 0. The lowest BCUT2D eigenvalue weighted by atomic mass is 9.74. The third-order valence-electron chi connectivity index (χ3n) is 7.43. The number of fused-ring (bicyclic) bond motifs is 5. The molecule has 2 heterocycles. The Bertz CT molecular complexity index is 1570. The SMILES string of the molecule is C1=CCSC=C1.Nc1cnn(C(c2ccccc2)C2CCCc3ccc4c(ccc5ccccc54)c32)c1. The highest BCUT2D eigenvalue weighted by Gasteiger charge is 2.32. The Morgan fingerprint density at radius 2 is 1.70 bits per heavy atom. The Hall–Kier alpha value is -3.76. The molecule has 2 aliphatic rings. The third kappa shape index (κ3) is 4.82. The maximum atomic E-state index is 6.09. The van der Waals surface area contributed by atoms with E-state index in [4.69, 9.17) is 5.73 Å². The molecule has 1 aliphatic heterocycles. The van der Waals surface area contributed by atoms with Crippen molar-refractivity contribution in [3.63, 3.8) is 0 Å². The number of nitrogens with zero attached hydrogens (tertiary/aromatic N) is 2. The zero-order valence-electron chi connectivity index (χ0n) is 20.8. The van der Waals surface area contributed by atoms with Gasteiger partial charge in [-0.05, 0) is 62.9 Å². The number of nitrogen functional groups attached to an aromatic ring is 1. The van der Waals surface area contributed by atoms with Gasteiger partial charge in [-0.3, -0.25) is 4.68 Å². The number of nitrogens with two attached hydrogens (primary N) is 1. The minimum atomic E-state index is 0.120. The smallest absolute Gasteiger partial charge is 0.0838 e. The summed E-state index contributed by atoms with van der Waals surface area (Å²) in [5.41, 5.74) is 11.0. The zero-order valence-corrected chi connectivity index (χ0v) is 21.6. The van der Waals surface area contributed by atoms with Gasteiger partial charge in [0, 0.05) is 17.9 Å². The molecule has 0 bridgehead atoms. The standard InChI is InChI=1S/C28H25N3.C5H6S/c29-22-17-30-31(18-22)28(21-8-2-1-3-9-21)26-12-6-10-20-14-15-24-23-11-5-4-7-19(23)13-16-25(24)27(20)26;1-2-4-6-5-3-1/h1-5,7-9,11,13-18,26,28H,6,10,12,29H2;1-4H,5H2. The van der Waals surface area contributed by atoms with Crippen LogP contribution < -0.4 is 5.73 Å². The summed E-state index contributed by atoms with van der Waals surface area (Å²) in [6, 6.07) is 28.8. The molecule has 1 aromatic heterocycles. The van der Waals surface area contributed by atoms with Crippen molar-refractivity contribution in [1.29, 1.82) is 0 Å². The van der Waals surface area contributed by atoms with E-state index in [2.05, 4.69) is 106 Å². The predicted octanol–water partition coefficient (Wildman–Crippen LogP) is 8.28. The summed E-state index contributed by atoms with van der Waals surface area (Å²) in [7, 11) is 0. The van der Waals surface area contributed by atoms with Gasteiger partial charge >= 0.3 is 0 Å². The second kappa shape index (κ2) is 10.7. The number of aromatic nitrogens is 2. The maximum Gasteiger partial charge on any atom is 0.0838 e. The van der Waals surface area contributed by atoms with Crippen LogP contribution in [0.25, 0.3) is 21.5 Å². The number of thioether (sulfide) groups is 1. The van der Waals surface area contributed by atoms with Crippen molar-refractivity contribution in [2.24, 2.45) is 0 Å². The molecule has 2 N–H and O–H groups in total. The lowest BCUT2D eigenvalue weighted by Crippen LogP contribution is -2.24. The first kappa shape index (κ1) is 23.6. The van der Waals surface area contributed by atoms with Gasteiger partial charge < -0.3 is 5.73 Å². The van der Waals surface area contributed by atoms with Gasteiger partial charge in [0.1, 0.15) is 0 Å². The van der Waals surface area contributed by atoms with E-state index >= 15 is 0 Å². The molecule has 7 rings (SSSR count). The molecule has 0 amide bonds. The second-order valence-electron chi connectivity index (χ2n) is 9.72. The summed E-state index contributed by atoms with van der Waals surface area (Å²) in [5, 5.41) is 12.1. The first-order valence-electron chi connectivity index (χ1n) is 13.0. The van der Waals surface area contributed by atoms with Crippen LogP contribution in [0.3, 0.4) is 0 Å². The third-order valence-corrected chi connectivity index (χ3v) is 8.17. The number of hydrogen-bond donors (Lipinski definition) is 1. The van der Waals surface area contributed by atoms with Gasteiger partial charge in [-0.15, -0.1) is 11.8 Å². The molecular formula is C33H31N3S. The molecular weight excluding hydrogens is 470 g/mol. The largest absolute Gasteiger partial charge is 0.396 e. The summed E-state index contributed by atoms with van der Waals surface area (Å²) < 4.78 is 2.07. The highest BCUT2D eigenvalue weighted by atomic mass is 32.2. The Balaban J connectivity index is 0.000000372. The van der Waals surface area contributed by atoms with E-state index in [0.29, 0.717) is 11.6 Å². The predicted molar refractivity (Wildman–Crippen MR) is 159 cm³/mol. The first-order valence-corrected chi connectivity index (χ1v) is 14.1. The summed E-state index contributed by atoms with van der Waals surface area (Å²) in [6.07, 6.45) is 13.5. The molecule has 184 valence electrons. The average molecular weight is 502 g/mol. The summed E-state index contributed by atoms with van der Waals surface area (Å²) >= 11 is 1.83. The summed E-state index contributed by atoms with van der Waals surface area (Å²) in [5.74, 6) is 1.49. The number of rotatable bonds is 3. The van der Waals surface area contributed by atoms with Crippen LogP contribution in [0.5, 0.6) is 0 Å². The van der Waals surface area contributed by atoms with Crippen molar-refractivity contribution in [3.05, 3.63) is 132 Å². The molecule has 0 fully saturated rings. The van der Waals surface area contributed by atoms with Crippen molar-refractivity contribution in [3.8, 4) is 0 Å². The van der Waals surface area contributed by atoms with E-state index < -0.39 is 0 Å². The highest BCUT2D eigenvalue weighted by molar-refractivity contribution is 8.02. The van der Waals surface area contributed by atoms with Gasteiger partial charge in [0.2, 0.25) is 0 Å². The topological polar surface area (TPSA) is 43.8 Å². The van der Waals surface area contributed by atoms with Crippen molar-refractivity contribution in [1.82, 2.24) is 9.78 Å². The zero-order chi connectivity index (χ0) is 25.0. The Morgan fingerprint density at radius 1 is 0.865 bits per heavy atom.